The maximum absolute atomic E-state index is 12.7. The minimum absolute atomic E-state index is 0.113. The van der Waals surface area contributed by atoms with Crippen molar-refractivity contribution in [2.24, 2.45) is 7.05 Å². The molecule has 0 saturated heterocycles. The lowest BCUT2D eigenvalue weighted by atomic mass is 10.1. The summed E-state index contributed by atoms with van der Waals surface area (Å²) in [6, 6.07) is 18.4. The molecule has 0 aliphatic rings. The zero-order valence-electron chi connectivity index (χ0n) is 14.0. The summed E-state index contributed by atoms with van der Waals surface area (Å²) in [5.74, 6) is 0. The second-order valence-corrected chi connectivity index (χ2v) is 8.78. The highest BCUT2D eigenvalue weighted by atomic mass is 32.2. The van der Waals surface area contributed by atoms with Gasteiger partial charge in [0, 0.05) is 13.6 Å². The van der Waals surface area contributed by atoms with Gasteiger partial charge in [0.2, 0.25) is 10.0 Å². The van der Waals surface area contributed by atoms with Crippen LogP contribution in [0.5, 0.6) is 0 Å². The largest absolute Gasteiger partial charge is 0.307 e. The van der Waals surface area contributed by atoms with E-state index in [1.54, 1.807) is 19.2 Å². The Morgan fingerprint density at radius 3 is 2.65 bits per heavy atom. The van der Waals surface area contributed by atoms with Gasteiger partial charge in [-0.15, -0.1) is 0 Å². The number of aryl methyl sites for hydroxylation is 1. The van der Waals surface area contributed by atoms with Crippen LogP contribution in [0.15, 0.2) is 70.4 Å². The second-order valence-electron chi connectivity index (χ2n) is 6.02. The summed E-state index contributed by atoms with van der Waals surface area (Å²) < 4.78 is 30.2. The first kappa shape index (κ1) is 17.0. The van der Waals surface area contributed by atoms with Crippen molar-refractivity contribution < 1.29 is 8.42 Å². The normalized spacial score (nSPS) is 12.0. The van der Waals surface area contributed by atoms with Gasteiger partial charge in [-0.3, -0.25) is 4.79 Å². The van der Waals surface area contributed by atoms with Crippen LogP contribution in [-0.2, 0) is 23.6 Å². The van der Waals surface area contributed by atoms with Crippen molar-refractivity contribution in [3.63, 3.8) is 0 Å². The summed E-state index contributed by atoms with van der Waals surface area (Å²) >= 11 is 1.04. The molecule has 0 spiro atoms. The number of benzene rings is 3. The first-order valence-electron chi connectivity index (χ1n) is 8.01. The summed E-state index contributed by atoms with van der Waals surface area (Å²) in [6.07, 6.45) is 0. The Hall–Kier alpha value is -2.48. The molecule has 1 heterocycles. The molecule has 4 aromatic rings. The van der Waals surface area contributed by atoms with Crippen LogP contribution in [-0.4, -0.2) is 13.0 Å². The van der Waals surface area contributed by atoms with E-state index in [9.17, 15) is 13.2 Å². The van der Waals surface area contributed by atoms with Crippen molar-refractivity contribution in [3.05, 3.63) is 75.9 Å². The van der Waals surface area contributed by atoms with Gasteiger partial charge in [-0.25, -0.2) is 13.1 Å². The molecule has 132 valence electrons. The molecule has 0 aliphatic carbocycles. The third kappa shape index (κ3) is 2.94. The first-order chi connectivity index (χ1) is 12.5. The van der Waals surface area contributed by atoms with Crippen molar-refractivity contribution >= 4 is 42.3 Å². The zero-order chi connectivity index (χ0) is 18.3. The van der Waals surface area contributed by atoms with E-state index in [0.717, 1.165) is 33.2 Å². The molecule has 1 N–H and O–H groups in total. The maximum atomic E-state index is 12.7. The molecule has 3 aromatic carbocycles. The SMILES string of the molecule is Cn1c(=O)sc2cc(S(=O)(=O)NCc3cccc4ccccc34)ccc21. The lowest BCUT2D eigenvalue weighted by Gasteiger charge is -2.09. The highest BCUT2D eigenvalue weighted by molar-refractivity contribution is 7.89. The van der Waals surface area contributed by atoms with Crippen LogP contribution in [0.3, 0.4) is 0 Å². The van der Waals surface area contributed by atoms with Crippen molar-refractivity contribution in [1.29, 1.82) is 0 Å². The Bertz CT molecular complexity index is 1280. The molecule has 0 aliphatic heterocycles. The van der Waals surface area contributed by atoms with E-state index >= 15 is 0 Å². The average molecular weight is 384 g/mol. The lowest BCUT2D eigenvalue weighted by molar-refractivity contribution is 0.581. The van der Waals surface area contributed by atoms with Gasteiger partial charge in [0.15, 0.2) is 0 Å². The Morgan fingerprint density at radius 1 is 1.04 bits per heavy atom. The molecular weight excluding hydrogens is 368 g/mol. The fourth-order valence-electron chi connectivity index (χ4n) is 2.98. The van der Waals surface area contributed by atoms with Gasteiger partial charge in [-0.1, -0.05) is 53.8 Å². The van der Waals surface area contributed by atoms with Gasteiger partial charge in [0.1, 0.15) is 0 Å². The molecule has 5 nitrogen and oxygen atoms in total. The van der Waals surface area contributed by atoms with Crippen LogP contribution in [0.1, 0.15) is 5.56 Å². The fourth-order valence-corrected chi connectivity index (χ4v) is 5.01. The van der Waals surface area contributed by atoms with Gasteiger partial charge < -0.3 is 4.57 Å². The second kappa shape index (κ2) is 6.35. The molecule has 0 fully saturated rings. The Balaban J connectivity index is 1.66. The van der Waals surface area contributed by atoms with Crippen LogP contribution in [0.25, 0.3) is 21.0 Å². The minimum Gasteiger partial charge on any atom is -0.302 e. The summed E-state index contributed by atoms with van der Waals surface area (Å²) in [6.45, 7) is 0.201. The molecule has 7 heteroatoms. The van der Waals surface area contributed by atoms with E-state index in [1.807, 2.05) is 42.5 Å². The van der Waals surface area contributed by atoms with E-state index in [0.29, 0.717) is 4.70 Å². The Kier molecular flexibility index (Phi) is 4.14. The number of hydrogen-bond donors (Lipinski definition) is 1. The number of aromatic nitrogens is 1. The molecule has 0 unspecified atom stereocenters. The standard InChI is InChI=1S/C19H16N2O3S2/c1-21-17-10-9-15(11-18(17)25-19(21)22)26(23,24)20-12-14-7-4-6-13-5-2-3-8-16(13)14/h2-11,20H,12H2,1H3. The molecule has 4 rings (SSSR count). The van der Waals surface area contributed by atoms with Crippen LogP contribution in [0.4, 0.5) is 0 Å². The van der Waals surface area contributed by atoms with E-state index < -0.39 is 10.0 Å². The van der Waals surface area contributed by atoms with E-state index in [4.69, 9.17) is 0 Å². The first-order valence-corrected chi connectivity index (χ1v) is 10.3. The van der Waals surface area contributed by atoms with E-state index in [-0.39, 0.29) is 16.3 Å². The Labute approximate surface area is 154 Å². The fraction of sp³-hybridized carbons (Fsp3) is 0.105. The topological polar surface area (TPSA) is 68.2 Å². The summed E-state index contributed by atoms with van der Waals surface area (Å²) in [5, 5.41) is 2.09. The number of hydrogen-bond acceptors (Lipinski definition) is 4. The van der Waals surface area contributed by atoms with Crippen molar-refractivity contribution in [2.75, 3.05) is 0 Å². The monoisotopic (exact) mass is 384 g/mol. The molecule has 0 amide bonds. The number of rotatable bonds is 4. The van der Waals surface area contributed by atoms with Gasteiger partial charge in [-0.05, 0) is 34.5 Å². The third-order valence-corrected chi connectivity index (χ3v) is 6.80. The van der Waals surface area contributed by atoms with Crippen LogP contribution < -0.4 is 9.60 Å². The molecule has 0 saturated carbocycles. The molecule has 0 atom stereocenters. The predicted molar refractivity (Wildman–Crippen MR) is 105 cm³/mol. The number of nitrogens with one attached hydrogen (secondary N) is 1. The predicted octanol–water partition coefficient (Wildman–Crippen LogP) is 3.23. The number of sulfonamides is 1. The molecule has 0 bridgehead atoms. The molecule has 0 radical (unpaired) electrons. The van der Waals surface area contributed by atoms with Crippen LogP contribution in [0.2, 0.25) is 0 Å². The smallest absolute Gasteiger partial charge is 0.302 e. The average Bonchev–Trinajstić information content (AvgIpc) is 2.93. The maximum Gasteiger partial charge on any atom is 0.307 e. The van der Waals surface area contributed by atoms with E-state index in [1.165, 1.54) is 10.6 Å². The van der Waals surface area contributed by atoms with Crippen molar-refractivity contribution in [3.8, 4) is 0 Å². The summed E-state index contributed by atoms with van der Waals surface area (Å²) in [5.41, 5.74) is 1.64. The van der Waals surface area contributed by atoms with E-state index in [2.05, 4.69) is 4.72 Å². The van der Waals surface area contributed by atoms with Gasteiger partial charge >= 0.3 is 4.87 Å². The van der Waals surface area contributed by atoms with Gasteiger partial charge in [0.25, 0.3) is 0 Å². The molecular formula is C19H16N2O3S2. The number of nitrogens with zero attached hydrogens (tertiary/aromatic N) is 1. The molecule has 26 heavy (non-hydrogen) atoms. The number of thiazole rings is 1. The van der Waals surface area contributed by atoms with Crippen molar-refractivity contribution in [1.82, 2.24) is 9.29 Å². The minimum atomic E-state index is -3.68. The van der Waals surface area contributed by atoms with Crippen LogP contribution in [0, 0.1) is 0 Å². The van der Waals surface area contributed by atoms with Crippen molar-refractivity contribution in [2.45, 2.75) is 11.4 Å². The quantitative estimate of drug-likeness (QED) is 0.587. The van der Waals surface area contributed by atoms with Gasteiger partial charge in [-0.2, -0.15) is 0 Å². The highest BCUT2D eigenvalue weighted by Crippen LogP contribution is 2.22. The number of fused-ring (bicyclic) bond motifs is 2. The summed E-state index contributed by atoms with van der Waals surface area (Å²) in [7, 11) is -2.00. The third-order valence-electron chi connectivity index (χ3n) is 4.41. The lowest BCUT2D eigenvalue weighted by Crippen LogP contribution is -2.23. The highest BCUT2D eigenvalue weighted by Gasteiger charge is 2.16. The van der Waals surface area contributed by atoms with Gasteiger partial charge in [0.05, 0.1) is 15.1 Å². The summed E-state index contributed by atoms with van der Waals surface area (Å²) in [4.78, 5) is 11.8. The zero-order valence-corrected chi connectivity index (χ0v) is 15.6. The molecule has 1 aromatic heterocycles. The van der Waals surface area contributed by atoms with Crippen LogP contribution >= 0.6 is 11.3 Å². The Morgan fingerprint density at radius 2 is 1.81 bits per heavy atom.